The van der Waals surface area contributed by atoms with Crippen LogP contribution < -0.4 is 10.6 Å². The Hall–Kier alpha value is -1.39. The molecule has 2 N–H and O–H groups in total. The lowest BCUT2D eigenvalue weighted by Gasteiger charge is -2.29. The van der Waals surface area contributed by atoms with E-state index in [-0.39, 0.29) is 12.0 Å². The first-order chi connectivity index (χ1) is 9.76. The molecule has 2 rings (SSSR count). The van der Waals surface area contributed by atoms with Gasteiger partial charge in [0.1, 0.15) is 6.10 Å². The van der Waals surface area contributed by atoms with Crippen molar-refractivity contribution in [2.24, 2.45) is 5.73 Å². The Kier molecular flexibility index (Phi) is 5.56. The first kappa shape index (κ1) is 15.0. The number of nitrogens with zero attached hydrogens (tertiary/aromatic N) is 1. The number of anilines is 1. The molecular formula is C16H24N2O2. The van der Waals surface area contributed by atoms with E-state index in [4.69, 9.17) is 10.5 Å². The van der Waals surface area contributed by atoms with Crippen LogP contribution in [0.1, 0.15) is 38.2 Å². The Morgan fingerprint density at radius 2 is 2.10 bits per heavy atom. The first-order valence-electron chi connectivity index (χ1n) is 7.48. The molecule has 0 aromatic heterocycles. The standard InChI is InChI=1S/C16H24N2O2/c1-2-10-18(14-8-6-13(12-17)7-9-14)16(19)15-5-3-4-11-20-15/h6-9,15H,2-5,10-12,17H2,1H3. The molecule has 1 aliphatic heterocycles. The predicted octanol–water partition coefficient (Wildman–Crippen LogP) is 2.46. The van der Waals surface area contributed by atoms with Crippen molar-refractivity contribution in [2.45, 2.75) is 45.3 Å². The van der Waals surface area contributed by atoms with Gasteiger partial charge >= 0.3 is 0 Å². The van der Waals surface area contributed by atoms with Crippen molar-refractivity contribution in [3.05, 3.63) is 29.8 Å². The molecule has 1 atom stereocenters. The van der Waals surface area contributed by atoms with Crippen molar-refractivity contribution in [3.8, 4) is 0 Å². The summed E-state index contributed by atoms with van der Waals surface area (Å²) >= 11 is 0. The summed E-state index contributed by atoms with van der Waals surface area (Å²) in [7, 11) is 0. The second-order valence-corrected chi connectivity index (χ2v) is 5.22. The zero-order valence-corrected chi connectivity index (χ0v) is 12.2. The molecule has 20 heavy (non-hydrogen) atoms. The third-order valence-electron chi connectivity index (χ3n) is 3.65. The Morgan fingerprint density at radius 1 is 1.35 bits per heavy atom. The number of benzene rings is 1. The van der Waals surface area contributed by atoms with E-state index in [1.807, 2.05) is 29.2 Å². The van der Waals surface area contributed by atoms with Gasteiger partial charge in [-0.05, 0) is 43.4 Å². The van der Waals surface area contributed by atoms with Crippen LogP contribution in [0.15, 0.2) is 24.3 Å². The van der Waals surface area contributed by atoms with E-state index >= 15 is 0 Å². The maximum Gasteiger partial charge on any atom is 0.256 e. The van der Waals surface area contributed by atoms with Crippen LogP contribution in [0.3, 0.4) is 0 Å². The van der Waals surface area contributed by atoms with Gasteiger partial charge in [0.25, 0.3) is 5.91 Å². The lowest BCUT2D eigenvalue weighted by atomic mass is 10.1. The van der Waals surface area contributed by atoms with Crippen LogP contribution in [0.5, 0.6) is 0 Å². The molecule has 0 radical (unpaired) electrons. The van der Waals surface area contributed by atoms with Gasteiger partial charge in [-0.3, -0.25) is 4.79 Å². The van der Waals surface area contributed by atoms with Crippen molar-refractivity contribution in [2.75, 3.05) is 18.1 Å². The van der Waals surface area contributed by atoms with Gasteiger partial charge in [-0.25, -0.2) is 0 Å². The molecule has 1 fully saturated rings. The Balaban J connectivity index is 2.13. The van der Waals surface area contributed by atoms with Gasteiger partial charge in [0.15, 0.2) is 0 Å². The number of carbonyl (C=O) groups is 1. The molecule has 0 saturated carbocycles. The van der Waals surface area contributed by atoms with Crippen molar-refractivity contribution in [1.29, 1.82) is 0 Å². The topological polar surface area (TPSA) is 55.6 Å². The highest BCUT2D eigenvalue weighted by atomic mass is 16.5. The van der Waals surface area contributed by atoms with E-state index in [0.717, 1.165) is 43.5 Å². The average Bonchev–Trinajstić information content (AvgIpc) is 2.53. The number of nitrogens with two attached hydrogens (primary N) is 1. The van der Waals surface area contributed by atoms with Gasteiger partial charge in [-0.2, -0.15) is 0 Å². The fraction of sp³-hybridized carbons (Fsp3) is 0.562. The highest BCUT2D eigenvalue weighted by Crippen LogP contribution is 2.21. The monoisotopic (exact) mass is 276 g/mol. The summed E-state index contributed by atoms with van der Waals surface area (Å²) in [5.74, 6) is 0.0899. The summed E-state index contributed by atoms with van der Waals surface area (Å²) in [4.78, 5) is 14.5. The molecule has 0 aliphatic carbocycles. The number of ether oxygens (including phenoxy) is 1. The minimum Gasteiger partial charge on any atom is -0.368 e. The molecule has 1 aliphatic rings. The zero-order valence-electron chi connectivity index (χ0n) is 12.2. The van der Waals surface area contributed by atoms with Gasteiger partial charge in [-0.1, -0.05) is 19.1 Å². The molecule has 0 bridgehead atoms. The lowest BCUT2D eigenvalue weighted by molar-refractivity contribution is -0.132. The number of hydrogen-bond acceptors (Lipinski definition) is 3. The van der Waals surface area contributed by atoms with E-state index in [1.165, 1.54) is 0 Å². The number of amides is 1. The quantitative estimate of drug-likeness (QED) is 0.898. The van der Waals surface area contributed by atoms with Crippen molar-refractivity contribution >= 4 is 11.6 Å². The van der Waals surface area contributed by atoms with Crippen molar-refractivity contribution < 1.29 is 9.53 Å². The molecule has 1 saturated heterocycles. The van der Waals surface area contributed by atoms with Crippen LogP contribution in [0.4, 0.5) is 5.69 Å². The zero-order chi connectivity index (χ0) is 14.4. The average molecular weight is 276 g/mol. The minimum absolute atomic E-state index is 0.0899. The Bertz CT molecular complexity index is 425. The fourth-order valence-corrected chi connectivity index (χ4v) is 2.51. The van der Waals surface area contributed by atoms with E-state index in [0.29, 0.717) is 13.2 Å². The van der Waals surface area contributed by atoms with Crippen molar-refractivity contribution in [1.82, 2.24) is 0 Å². The van der Waals surface area contributed by atoms with Crippen LogP contribution in [-0.2, 0) is 16.1 Å². The molecule has 0 spiro atoms. The predicted molar refractivity (Wildman–Crippen MR) is 80.6 cm³/mol. The summed E-state index contributed by atoms with van der Waals surface area (Å²) in [6.45, 7) is 4.02. The van der Waals surface area contributed by atoms with Crippen LogP contribution in [-0.4, -0.2) is 25.2 Å². The maximum absolute atomic E-state index is 12.6. The summed E-state index contributed by atoms with van der Waals surface area (Å²) in [6.07, 6.45) is 3.62. The molecule has 1 heterocycles. The highest BCUT2D eigenvalue weighted by molar-refractivity contribution is 5.96. The SMILES string of the molecule is CCCN(C(=O)C1CCCCO1)c1ccc(CN)cc1. The molecule has 4 nitrogen and oxygen atoms in total. The Morgan fingerprint density at radius 3 is 2.65 bits per heavy atom. The molecular weight excluding hydrogens is 252 g/mol. The highest BCUT2D eigenvalue weighted by Gasteiger charge is 2.27. The fourth-order valence-electron chi connectivity index (χ4n) is 2.51. The van der Waals surface area contributed by atoms with Crippen LogP contribution in [0.25, 0.3) is 0 Å². The Labute approximate surface area is 120 Å². The van der Waals surface area contributed by atoms with Crippen molar-refractivity contribution in [3.63, 3.8) is 0 Å². The van der Waals surface area contributed by atoms with E-state index in [2.05, 4.69) is 6.92 Å². The summed E-state index contributed by atoms with van der Waals surface area (Å²) in [5, 5.41) is 0. The second kappa shape index (κ2) is 7.41. The molecule has 1 unspecified atom stereocenters. The normalized spacial score (nSPS) is 18.8. The number of rotatable bonds is 5. The third-order valence-corrected chi connectivity index (χ3v) is 3.65. The van der Waals surface area contributed by atoms with Crippen LogP contribution in [0.2, 0.25) is 0 Å². The van der Waals surface area contributed by atoms with Gasteiger partial charge in [0, 0.05) is 25.4 Å². The third kappa shape index (κ3) is 3.58. The number of carbonyl (C=O) groups excluding carboxylic acids is 1. The van der Waals surface area contributed by atoms with E-state index < -0.39 is 0 Å². The first-order valence-corrected chi connectivity index (χ1v) is 7.48. The summed E-state index contributed by atoms with van der Waals surface area (Å²) in [5.41, 5.74) is 7.62. The largest absolute Gasteiger partial charge is 0.368 e. The molecule has 1 amide bonds. The maximum atomic E-state index is 12.6. The summed E-state index contributed by atoms with van der Waals surface area (Å²) in [6, 6.07) is 7.90. The minimum atomic E-state index is -0.274. The van der Waals surface area contributed by atoms with Gasteiger partial charge < -0.3 is 15.4 Å². The second-order valence-electron chi connectivity index (χ2n) is 5.22. The molecule has 110 valence electrons. The number of hydrogen-bond donors (Lipinski definition) is 1. The van der Waals surface area contributed by atoms with Gasteiger partial charge in [0.05, 0.1) is 0 Å². The lowest BCUT2D eigenvalue weighted by Crippen LogP contribution is -2.42. The van der Waals surface area contributed by atoms with Gasteiger partial charge in [0.2, 0.25) is 0 Å². The summed E-state index contributed by atoms with van der Waals surface area (Å²) < 4.78 is 5.62. The van der Waals surface area contributed by atoms with E-state index in [1.54, 1.807) is 0 Å². The molecule has 1 aromatic rings. The smallest absolute Gasteiger partial charge is 0.256 e. The van der Waals surface area contributed by atoms with Crippen LogP contribution >= 0.6 is 0 Å². The molecule has 4 heteroatoms. The van der Waals surface area contributed by atoms with E-state index in [9.17, 15) is 4.79 Å². The van der Waals surface area contributed by atoms with Gasteiger partial charge in [-0.15, -0.1) is 0 Å². The van der Waals surface area contributed by atoms with Crippen LogP contribution in [0, 0.1) is 0 Å². The molecule has 1 aromatic carbocycles.